The van der Waals surface area contributed by atoms with E-state index in [0.717, 1.165) is 17.7 Å². The highest BCUT2D eigenvalue weighted by Crippen LogP contribution is 2.19. The molecule has 0 spiro atoms. The molecule has 6 nitrogen and oxygen atoms in total. The van der Waals surface area contributed by atoms with Gasteiger partial charge in [0.15, 0.2) is 11.6 Å². The van der Waals surface area contributed by atoms with Crippen LogP contribution in [-0.2, 0) is 16.6 Å². The van der Waals surface area contributed by atoms with Crippen molar-refractivity contribution in [3.8, 4) is 0 Å². The third kappa shape index (κ3) is 4.67. The van der Waals surface area contributed by atoms with Gasteiger partial charge >= 0.3 is 0 Å². The molecule has 0 atom stereocenters. The molecule has 0 unspecified atom stereocenters. The number of aryl methyl sites for hydroxylation is 2. The summed E-state index contributed by atoms with van der Waals surface area (Å²) >= 11 is 0. The van der Waals surface area contributed by atoms with E-state index in [9.17, 15) is 8.42 Å². The number of benzene rings is 2. The highest BCUT2D eigenvalue weighted by molar-refractivity contribution is 7.92. The summed E-state index contributed by atoms with van der Waals surface area (Å²) < 4.78 is 27.7. The smallest absolute Gasteiger partial charge is 0.263 e. The number of rotatable bonds is 7. The van der Waals surface area contributed by atoms with Crippen molar-refractivity contribution < 1.29 is 8.42 Å². The summed E-state index contributed by atoms with van der Waals surface area (Å²) in [5.41, 5.74) is 3.13. The van der Waals surface area contributed by atoms with Crippen LogP contribution in [0.2, 0.25) is 0 Å². The van der Waals surface area contributed by atoms with Gasteiger partial charge in [-0.2, -0.15) is 0 Å². The number of anilines is 2. The summed E-state index contributed by atoms with van der Waals surface area (Å²) in [7, 11) is -3.71. The summed E-state index contributed by atoms with van der Waals surface area (Å²) in [5.74, 6) is 0.887. The second-order valence-electron chi connectivity index (χ2n) is 6.63. The highest BCUT2D eigenvalue weighted by atomic mass is 32.2. The second kappa shape index (κ2) is 8.39. The van der Waals surface area contributed by atoms with Gasteiger partial charge in [0.25, 0.3) is 10.0 Å². The number of hydrogen-bond acceptors (Lipinski definition) is 5. The van der Waals surface area contributed by atoms with Crippen LogP contribution in [0.15, 0.2) is 65.6 Å². The van der Waals surface area contributed by atoms with Gasteiger partial charge in [0.2, 0.25) is 0 Å². The van der Waals surface area contributed by atoms with Crippen LogP contribution >= 0.6 is 0 Å². The van der Waals surface area contributed by atoms with Gasteiger partial charge in [-0.15, -0.1) is 10.2 Å². The largest absolute Gasteiger partial charge is 0.351 e. The highest BCUT2D eigenvalue weighted by Gasteiger charge is 2.16. The fraction of sp³-hybridized carbons (Fsp3) is 0.238. The van der Waals surface area contributed by atoms with Gasteiger partial charge in [-0.3, -0.25) is 4.72 Å². The molecule has 3 rings (SSSR count). The Hall–Kier alpha value is -2.93. The van der Waals surface area contributed by atoms with Crippen molar-refractivity contribution in [2.75, 3.05) is 16.2 Å². The first-order valence-electron chi connectivity index (χ1n) is 9.11. The molecule has 0 saturated heterocycles. The first-order valence-corrected chi connectivity index (χ1v) is 10.6. The van der Waals surface area contributed by atoms with Crippen LogP contribution in [0.1, 0.15) is 23.6 Å². The van der Waals surface area contributed by atoms with Crippen molar-refractivity contribution >= 4 is 21.7 Å². The van der Waals surface area contributed by atoms with Gasteiger partial charge < -0.3 is 4.90 Å². The van der Waals surface area contributed by atoms with Gasteiger partial charge in [-0.1, -0.05) is 36.4 Å². The molecule has 1 heterocycles. The van der Waals surface area contributed by atoms with Crippen molar-refractivity contribution in [2.24, 2.45) is 0 Å². The maximum absolute atomic E-state index is 12.6. The van der Waals surface area contributed by atoms with Crippen LogP contribution in [0.25, 0.3) is 0 Å². The van der Waals surface area contributed by atoms with Crippen molar-refractivity contribution in [1.29, 1.82) is 0 Å². The van der Waals surface area contributed by atoms with Crippen molar-refractivity contribution in [3.63, 3.8) is 0 Å². The van der Waals surface area contributed by atoms with E-state index >= 15 is 0 Å². The van der Waals surface area contributed by atoms with Gasteiger partial charge in [-0.05, 0) is 61.7 Å². The van der Waals surface area contributed by atoms with E-state index in [0.29, 0.717) is 12.4 Å². The van der Waals surface area contributed by atoms with Gasteiger partial charge in [-0.25, -0.2) is 8.42 Å². The Balaban J connectivity index is 1.75. The molecular formula is C21H24N4O2S. The monoisotopic (exact) mass is 396 g/mol. The number of sulfonamides is 1. The van der Waals surface area contributed by atoms with E-state index in [1.165, 1.54) is 5.56 Å². The minimum Gasteiger partial charge on any atom is -0.351 e. The predicted octanol–water partition coefficient (Wildman–Crippen LogP) is 3.92. The molecule has 0 aliphatic carbocycles. The minimum absolute atomic E-state index is 0.192. The summed E-state index contributed by atoms with van der Waals surface area (Å²) in [4.78, 5) is 2.28. The van der Waals surface area contributed by atoms with Crippen molar-refractivity contribution in [1.82, 2.24) is 10.2 Å². The molecule has 146 valence electrons. The van der Waals surface area contributed by atoms with Crippen molar-refractivity contribution in [3.05, 3.63) is 77.4 Å². The number of nitrogens with one attached hydrogen (secondary N) is 1. The molecule has 0 radical (unpaired) electrons. The quantitative estimate of drug-likeness (QED) is 0.655. The van der Waals surface area contributed by atoms with E-state index in [1.54, 1.807) is 30.3 Å². The Bertz CT molecular complexity index is 1040. The fourth-order valence-corrected chi connectivity index (χ4v) is 3.87. The maximum Gasteiger partial charge on any atom is 0.263 e. The van der Waals surface area contributed by atoms with E-state index < -0.39 is 10.0 Å². The average molecular weight is 397 g/mol. The Labute approximate surface area is 166 Å². The van der Waals surface area contributed by atoms with Gasteiger partial charge in [0.1, 0.15) is 0 Å². The molecule has 0 aliphatic heterocycles. The molecule has 2 aromatic carbocycles. The normalized spacial score (nSPS) is 11.2. The Morgan fingerprint density at radius 1 is 0.929 bits per heavy atom. The lowest BCUT2D eigenvalue weighted by atomic mass is 10.1. The summed E-state index contributed by atoms with van der Waals surface area (Å²) in [5, 5.41) is 8.26. The average Bonchev–Trinajstić information content (AvgIpc) is 2.69. The molecule has 3 aromatic rings. The molecule has 0 aliphatic rings. The van der Waals surface area contributed by atoms with Crippen molar-refractivity contribution in [2.45, 2.75) is 32.2 Å². The topological polar surface area (TPSA) is 75.2 Å². The summed E-state index contributed by atoms with van der Waals surface area (Å²) in [6.07, 6.45) is 0. The van der Waals surface area contributed by atoms with Crippen LogP contribution in [0, 0.1) is 13.8 Å². The molecule has 28 heavy (non-hydrogen) atoms. The lowest BCUT2D eigenvalue weighted by Crippen LogP contribution is -2.23. The first-order chi connectivity index (χ1) is 13.4. The fourth-order valence-electron chi connectivity index (χ4n) is 2.78. The molecule has 0 saturated carbocycles. The van der Waals surface area contributed by atoms with Crippen LogP contribution in [0.5, 0.6) is 0 Å². The Morgan fingerprint density at radius 2 is 1.68 bits per heavy atom. The Kier molecular flexibility index (Phi) is 5.94. The standard InChI is InChI=1S/C21H24N4O2S/c1-4-25(15-18-8-6-5-7-9-18)21-13-12-20(22-23-21)24-28(26,27)19-11-10-16(2)17(3)14-19/h5-14H,4,15H2,1-3H3,(H,22,24). The third-order valence-corrected chi connectivity index (χ3v) is 5.95. The predicted molar refractivity (Wildman–Crippen MR) is 112 cm³/mol. The summed E-state index contributed by atoms with van der Waals surface area (Å²) in [6, 6.07) is 18.5. The van der Waals surface area contributed by atoms with Crippen LogP contribution < -0.4 is 9.62 Å². The van der Waals surface area contributed by atoms with Crippen LogP contribution in [0.4, 0.5) is 11.6 Å². The van der Waals surface area contributed by atoms with E-state index in [4.69, 9.17) is 0 Å². The molecular weight excluding hydrogens is 372 g/mol. The van der Waals surface area contributed by atoms with Gasteiger partial charge in [0.05, 0.1) is 4.90 Å². The zero-order valence-electron chi connectivity index (χ0n) is 16.3. The third-order valence-electron chi connectivity index (χ3n) is 4.60. The van der Waals surface area contributed by atoms with Crippen LogP contribution in [-0.4, -0.2) is 25.2 Å². The second-order valence-corrected chi connectivity index (χ2v) is 8.31. The zero-order valence-corrected chi connectivity index (χ0v) is 17.1. The lowest BCUT2D eigenvalue weighted by molar-refractivity contribution is 0.601. The molecule has 0 amide bonds. The molecule has 1 N–H and O–H groups in total. The molecule has 0 fully saturated rings. The minimum atomic E-state index is -3.71. The maximum atomic E-state index is 12.6. The molecule has 7 heteroatoms. The molecule has 1 aromatic heterocycles. The zero-order chi connectivity index (χ0) is 20.1. The molecule has 0 bridgehead atoms. The van der Waals surface area contributed by atoms with Gasteiger partial charge in [0, 0.05) is 13.1 Å². The number of hydrogen-bond donors (Lipinski definition) is 1. The number of aromatic nitrogens is 2. The first kappa shape index (κ1) is 19.8. The lowest BCUT2D eigenvalue weighted by Gasteiger charge is -2.21. The number of nitrogens with zero attached hydrogens (tertiary/aromatic N) is 3. The van der Waals surface area contributed by atoms with E-state index in [1.807, 2.05) is 39.0 Å². The van der Waals surface area contributed by atoms with E-state index in [-0.39, 0.29) is 10.7 Å². The van der Waals surface area contributed by atoms with Crippen LogP contribution in [0.3, 0.4) is 0 Å². The summed E-state index contributed by atoms with van der Waals surface area (Å²) in [6.45, 7) is 7.34. The van der Waals surface area contributed by atoms with E-state index in [2.05, 4.69) is 32.0 Å². The SMILES string of the molecule is CCN(Cc1ccccc1)c1ccc(NS(=O)(=O)c2ccc(C)c(C)c2)nn1. The Morgan fingerprint density at radius 3 is 2.29 bits per heavy atom.